The molecule has 0 bridgehead atoms. The molecule has 0 radical (unpaired) electrons. The van der Waals surface area contributed by atoms with Crippen molar-refractivity contribution in [1.29, 1.82) is 0 Å². The van der Waals surface area contributed by atoms with Gasteiger partial charge in [0.1, 0.15) is 0 Å². The number of anilines is 1. The van der Waals surface area contributed by atoms with Crippen LogP contribution in [0, 0.1) is 0 Å². The van der Waals surface area contributed by atoms with Gasteiger partial charge in [0.2, 0.25) is 5.28 Å². The van der Waals surface area contributed by atoms with Crippen molar-refractivity contribution < 1.29 is 0 Å². The van der Waals surface area contributed by atoms with Gasteiger partial charge in [-0.05, 0) is 18.0 Å². The lowest BCUT2D eigenvalue weighted by molar-refractivity contribution is 0.634. The second-order valence-corrected chi connectivity index (χ2v) is 7.04. The van der Waals surface area contributed by atoms with E-state index in [1.54, 1.807) is 0 Å². The highest BCUT2D eigenvalue weighted by atomic mass is 35.5. The average molecular weight is 293 g/mol. The fourth-order valence-corrected chi connectivity index (χ4v) is 3.14. The molecule has 7 heteroatoms. The summed E-state index contributed by atoms with van der Waals surface area (Å²) < 4.78 is 0.297. The van der Waals surface area contributed by atoms with Crippen LogP contribution >= 0.6 is 35.0 Å². The molecule has 17 heavy (non-hydrogen) atoms. The number of nitrogens with zero attached hydrogens (tertiary/aromatic N) is 4. The lowest BCUT2D eigenvalue weighted by Crippen LogP contribution is -2.28. The zero-order valence-corrected chi connectivity index (χ0v) is 12.1. The molecule has 1 aromatic heterocycles. The molecule has 0 N–H and O–H groups in total. The van der Waals surface area contributed by atoms with Gasteiger partial charge in [-0.15, -0.1) is 10.2 Å². The smallest absolute Gasteiger partial charge is 0.245 e. The molecule has 1 aromatic rings. The molecule has 1 fully saturated rings. The topological polar surface area (TPSA) is 41.9 Å². The van der Waals surface area contributed by atoms with E-state index in [1.807, 2.05) is 11.8 Å². The Labute approximate surface area is 115 Å². The molecule has 1 aliphatic heterocycles. The van der Waals surface area contributed by atoms with Crippen LogP contribution < -0.4 is 4.90 Å². The number of rotatable bonds is 1. The Morgan fingerprint density at radius 1 is 1.24 bits per heavy atom. The molecular weight excluding hydrogens is 279 g/mol. The summed E-state index contributed by atoms with van der Waals surface area (Å²) in [5.74, 6) is 1.69. The largest absolute Gasteiger partial charge is 0.353 e. The molecule has 2 rings (SSSR count). The van der Waals surface area contributed by atoms with Crippen LogP contribution in [0.2, 0.25) is 10.4 Å². The SMILES string of the molecule is CC1(C)CCN(c2nc(Cl)nnc2Cl)CCS1. The molecule has 0 saturated carbocycles. The van der Waals surface area contributed by atoms with E-state index < -0.39 is 0 Å². The second kappa shape index (κ2) is 5.16. The van der Waals surface area contributed by atoms with Gasteiger partial charge in [-0.1, -0.05) is 25.4 Å². The second-order valence-electron chi connectivity index (χ2n) is 4.54. The molecule has 4 nitrogen and oxygen atoms in total. The van der Waals surface area contributed by atoms with Crippen molar-refractivity contribution >= 4 is 40.8 Å². The molecule has 0 amide bonds. The van der Waals surface area contributed by atoms with E-state index in [4.69, 9.17) is 23.2 Å². The number of aromatic nitrogens is 3. The Morgan fingerprint density at radius 2 is 2.00 bits per heavy atom. The molecule has 0 aliphatic carbocycles. The van der Waals surface area contributed by atoms with Crippen LogP contribution in [0.15, 0.2) is 0 Å². The summed E-state index contributed by atoms with van der Waals surface area (Å²) >= 11 is 13.7. The van der Waals surface area contributed by atoms with Gasteiger partial charge >= 0.3 is 0 Å². The van der Waals surface area contributed by atoms with E-state index in [9.17, 15) is 0 Å². The van der Waals surface area contributed by atoms with Crippen LogP contribution in [0.3, 0.4) is 0 Å². The summed E-state index contributed by atoms with van der Waals surface area (Å²) in [4.78, 5) is 6.29. The lowest BCUT2D eigenvalue weighted by atomic mass is 10.1. The van der Waals surface area contributed by atoms with E-state index >= 15 is 0 Å². The maximum Gasteiger partial charge on any atom is 0.245 e. The lowest BCUT2D eigenvalue weighted by Gasteiger charge is -2.23. The Hall–Kier alpha value is -0.260. The quantitative estimate of drug-likeness (QED) is 0.796. The molecule has 1 saturated heterocycles. The van der Waals surface area contributed by atoms with Crippen molar-refractivity contribution in [2.45, 2.75) is 25.0 Å². The van der Waals surface area contributed by atoms with Crippen molar-refractivity contribution in [3.05, 3.63) is 10.4 Å². The number of hydrogen-bond acceptors (Lipinski definition) is 5. The maximum atomic E-state index is 6.01. The Kier molecular flexibility index (Phi) is 4.00. The minimum atomic E-state index is 0.139. The van der Waals surface area contributed by atoms with Gasteiger partial charge in [0, 0.05) is 23.6 Å². The fraction of sp³-hybridized carbons (Fsp3) is 0.700. The summed E-state index contributed by atoms with van der Waals surface area (Å²) in [6, 6.07) is 0. The van der Waals surface area contributed by atoms with E-state index in [1.165, 1.54) is 0 Å². The van der Waals surface area contributed by atoms with Gasteiger partial charge in [-0.2, -0.15) is 16.7 Å². The third-order valence-electron chi connectivity index (χ3n) is 2.74. The van der Waals surface area contributed by atoms with Crippen LogP contribution in [0.5, 0.6) is 0 Å². The minimum absolute atomic E-state index is 0.139. The third kappa shape index (κ3) is 3.36. The fourth-order valence-electron chi connectivity index (χ4n) is 1.72. The monoisotopic (exact) mass is 292 g/mol. The van der Waals surface area contributed by atoms with Gasteiger partial charge in [0.15, 0.2) is 11.0 Å². The standard InChI is InChI=1S/C10H14Cl2N4S/c1-10(2)3-4-16(5-6-17-10)8-7(11)14-15-9(12)13-8/h3-6H2,1-2H3. The summed E-state index contributed by atoms with van der Waals surface area (Å²) in [6.07, 6.45) is 1.08. The minimum Gasteiger partial charge on any atom is -0.353 e. The highest BCUT2D eigenvalue weighted by Crippen LogP contribution is 2.33. The molecule has 1 aliphatic rings. The first kappa shape index (κ1) is 13.2. The highest BCUT2D eigenvalue weighted by Gasteiger charge is 2.25. The summed E-state index contributed by atoms with van der Waals surface area (Å²) in [5.41, 5.74) is 0. The first-order valence-corrected chi connectivity index (χ1v) is 7.17. The van der Waals surface area contributed by atoms with Crippen molar-refractivity contribution in [2.75, 3.05) is 23.7 Å². The van der Waals surface area contributed by atoms with Gasteiger partial charge in [-0.3, -0.25) is 0 Å². The Bertz CT molecular complexity index is 413. The van der Waals surface area contributed by atoms with Crippen molar-refractivity contribution in [1.82, 2.24) is 15.2 Å². The number of thioether (sulfide) groups is 1. The average Bonchev–Trinajstić information content (AvgIpc) is 2.43. The Balaban J connectivity index is 2.19. The highest BCUT2D eigenvalue weighted by molar-refractivity contribution is 8.00. The van der Waals surface area contributed by atoms with E-state index in [2.05, 4.69) is 33.9 Å². The van der Waals surface area contributed by atoms with Crippen LogP contribution in [0.4, 0.5) is 5.82 Å². The van der Waals surface area contributed by atoms with Crippen molar-refractivity contribution in [2.24, 2.45) is 0 Å². The van der Waals surface area contributed by atoms with Crippen molar-refractivity contribution in [3.8, 4) is 0 Å². The van der Waals surface area contributed by atoms with Crippen LogP contribution in [0.25, 0.3) is 0 Å². The number of hydrogen-bond donors (Lipinski definition) is 0. The van der Waals surface area contributed by atoms with Crippen LogP contribution in [-0.4, -0.2) is 38.8 Å². The van der Waals surface area contributed by atoms with Gasteiger partial charge in [0.25, 0.3) is 0 Å². The van der Waals surface area contributed by atoms with Gasteiger partial charge in [-0.25, -0.2) is 0 Å². The summed E-state index contributed by atoms with van der Waals surface area (Å²) in [6.45, 7) is 6.33. The Morgan fingerprint density at radius 3 is 2.76 bits per heavy atom. The molecular formula is C10H14Cl2N4S. The van der Waals surface area contributed by atoms with E-state index in [-0.39, 0.29) is 5.28 Å². The van der Waals surface area contributed by atoms with Crippen molar-refractivity contribution in [3.63, 3.8) is 0 Å². The normalized spacial score (nSPS) is 20.1. The molecule has 0 spiro atoms. The van der Waals surface area contributed by atoms with E-state index in [0.29, 0.717) is 15.7 Å². The molecule has 0 aromatic carbocycles. The predicted octanol–water partition coefficient (Wildman–Crippen LogP) is 2.90. The zero-order chi connectivity index (χ0) is 12.5. The molecule has 0 unspecified atom stereocenters. The molecule has 94 valence electrons. The van der Waals surface area contributed by atoms with E-state index in [0.717, 1.165) is 25.3 Å². The summed E-state index contributed by atoms with van der Waals surface area (Å²) in [5, 5.41) is 7.88. The van der Waals surface area contributed by atoms with Gasteiger partial charge < -0.3 is 4.90 Å². The summed E-state index contributed by atoms with van der Waals surface area (Å²) in [7, 11) is 0. The number of halogens is 2. The molecule has 0 atom stereocenters. The van der Waals surface area contributed by atoms with Gasteiger partial charge in [0.05, 0.1) is 0 Å². The van der Waals surface area contributed by atoms with Crippen LogP contribution in [0.1, 0.15) is 20.3 Å². The zero-order valence-electron chi connectivity index (χ0n) is 9.78. The van der Waals surface area contributed by atoms with Crippen LogP contribution in [-0.2, 0) is 0 Å². The third-order valence-corrected chi connectivity index (χ3v) is 4.52. The first-order valence-electron chi connectivity index (χ1n) is 5.42. The molecule has 2 heterocycles. The first-order chi connectivity index (χ1) is 7.98. The maximum absolute atomic E-state index is 6.01. The predicted molar refractivity (Wildman–Crippen MR) is 73.2 cm³/mol.